The van der Waals surface area contributed by atoms with Crippen molar-refractivity contribution in [3.8, 4) is 0 Å². The van der Waals surface area contributed by atoms with Crippen LogP contribution in [-0.2, 0) is 4.79 Å². The van der Waals surface area contributed by atoms with Crippen molar-refractivity contribution in [1.29, 1.82) is 0 Å². The number of carbonyl (C=O) groups is 1. The van der Waals surface area contributed by atoms with Gasteiger partial charge >= 0.3 is 0 Å². The molecule has 0 aliphatic carbocycles. The second-order valence-electron chi connectivity index (χ2n) is 4.99. The second-order valence-corrected chi connectivity index (χ2v) is 4.99. The van der Waals surface area contributed by atoms with Gasteiger partial charge in [-0.15, -0.1) is 0 Å². The van der Waals surface area contributed by atoms with E-state index in [2.05, 4.69) is 42.6 Å². The van der Waals surface area contributed by atoms with Crippen LogP contribution in [0, 0.1) is 5.92 Å². The second kappa shape index (κ2) is 12.0. The van der Waals surface area contributed by atoms with Crippen LogP contribution in [0.4, 0.5) is 0 Å². The molecule has 3 nitrogen and oxygen atoms in total. The summed E-state index contributed by atoms with van der Waals surface area (Å²) in [6.45, 7) is 10.1. The third-order valence-electron chi connectivity index (χ3n) is 3.08. The molecule has 0 saturated carbocycles. The fourth-order valence-corrected chi connectivity index (χ4v) is 1.80. The van der Waals surface area contributed by atoms with Gasteiger partial charge in [-0.2, -0.15) is 0 Å². The Bertz CT molecular complexity index is 442. The number of hydrogen-bond acceptors (Lipinski definition) is 2. The van der Waals surface area contributed by atoms with Crippen LogP contribution in [0.5, 0.6) is 0 Å². The number of Topliss-reactive ketones (excluding diaryl/α,β-unsaturated/α-hetero) is 1. The number of rotatable bonds is 10. The molecule has 0 aromatic heterocycles. The molecule has 0 saturated heterocycles. The van der Waals surface area contributed by atoms with Gasteiger partial charge in [0.05, 0.1) is 5.92 Å². The van der Waals surface area contributed by atoms with Crippen LogP contribution in [0.1, 0.15) is 46.5 Å². The Morgan fingerprint density at radius 1 is 1.33 bits per heavy atom. The molecule has 0 heterocycles. The van der Waals surface area contributed by atoms with Crippen LogP contribution < -0.4 is 0 Å². The summed E-state index contributed by atoms with van der Waals surface area (Å²) in [4.78, 5) is 19.6. The molecule has 0 aliphatic rings. The normalized spacial score (nSPS) is 14.4. The van der Waals surface area contributed by atoms with Crippen LogP contribution in [0.15, 0.2) is 45.9 Å². The lowest BCUT2D eigenvalue weighted by atomic mass is 10.0. The third-order valence-corrected chi connectivity index (χ3v) is 3.08. The van der Waals surface area contributed by atoms with Gasteiger partial charge < -0.3 is 0 Å². The fourth-order valence-electron chi connectivity index (χ4n) is 1.80. The summed E-state index contributed by atoms with van der Waals surface area (Å²) >= 11 is 0. The van der Waals surface area contributed by atoms with Crippen LogP contribution in [0.3, 0.4) is 0 Å². The van der Waals surface area contributed by atoms with Crippen LogP contribution in [0.25, 0.3) is 0 Å². The first-order valence-corrected chi connectivity index (χ1v) is 7.53. The summed E-state index contributed by atoms with van der Waals surface area (Å²) in [7, 11) is 1.65. The summed E-state index contributed by atoms with van der Waals surface area (Å²) in [6, 6.07) is 0. The van der Waals surface area contributed by atoms with Gasteiger partial charge in [-0.3, -0.25) is 9.79 Å². The van der Waals surface area contributed by atoms with Crippen molar-refractivity contribution in [3.05, 3.63) is 36.0 Å². The van der Waals surface area contributed by atoms with Crippen molar-refractivity contribution in [2.24, 2.45) is 15.9 Å². The first-order chi connectivity index (χ1) is 10.0. The Morgan fingerprint density at radius 2 is 2.05 bits per heavy atom. The molecule has 3 heteroatoms. The number of allylic oxidation sites excluding steroid dienone is 5. The average Bonchev–Trinajstić information content (AvgIpc) is 2.46. The molecule has 0 amide bonds. The predicted octanol–water partition coefficient (Wildman–Crippen LogP) is 4.56. The van der Waals surface area contributed by atoms with Crippen LogP contribution >= 0.6 is 0 Å². The lowest BCUT2D eigenvalue weighted by Gasteiger charge is -2.04. The Balaban J connectivity index is 4.30. The SMILES string of the molecule is C=C(C=CC/C(=C\CC)CC)CC(=O)C(C)/C=N\C=N/C. The van der Waals surface area contributed by atoms with Crippen molar-refractivity contribution in [2.75, 3.05) is 7.05 Å². The molecule has 0 bridgehead atoms. The van der Waals surface area contributed by atoms with E-state index in [1.54, 1.807) is 13.3 Å². The number of ketones is 1. The molecule has 0 N–H and O–H groups in total. The Hall–Kier alpha value is -1.77. The zero-order valence-corrected chi connectivity index (χ0v) is 13.8. The molecule has 21 heavy (non-hydrogen) atoms. The molecule has 0 spiro atoms. The molecule has 1 unspecified atom stereocenters. The van der Waals surface area contributed by atoms with Crippen LogP contribution in [-0.4, -0.2) is 25.4 Å². The fraction of sp³-hybridized carbons (Fsp3) is 0.500. The molecule has 1 atom stereocenters. The van der Waals surface area contributed by atoms with Gasteiger partial charge in [0.25, 0.3) is 0 Å². The predicted molar refractivity (Wildman–Crippen MR) is 93.3 cm³/mol. The minimum atomic E-state index is -0.209. The van der Waals surface area contributed by atoms with Gasteiger partial charge in [-0.25, -0.2) is 4.99 Å². The Kier molecular flexibility index (Phi) is 11.0. The minimum absolute atomic E-state index is 0.123. The maximum atomic E-state index is 12.0. The van der Waals surface area contributed by atoms with Crippen molar-refractivity contribution < 1.29 is 4.79 Å². The summed E-state index contributed by atoms with van der Waals surface area (Å²) in [5.41, 5.74) is 2.27. The molecule has 0 fully saturated rings. The molecule has 116 valence electrons. The number of hydrogen-bond donors (Lipinski definition) is 0. The smallest absolute Gasteiger partial charge is 0.145 e. The number of nitrogens with zero attached hydrogens (tertiary/aromatic N) is 2. The summed E-state index contributed by atoms with van der Waals surface area (Å²) < 4.78 is 0. The van der Waals surface area contributed by atoms with E-state index < -0.39 is 0 Å². The quantitative estimate of drug-likeness (QED) is 0.251. The van der Waals surface area contributed by atoms with E-state index in [1.165, 1.54) is 11.9 Å². The topological polar surface area (TPSA) is 41.8 Å². The van der Waals surface area contributed by atoms with E-state index in [0.29, 0.717) is 6.42 Å². The van der Waals surface area contributed by atoms with Crippen molar-refractivity contribution >= 4 is 18.3 Å². The monoisotopic (exact) mass is 288 g/mol. The molecular weight excluding hydrogens is 260 g/mol. The maximum absolute atomic E-state index is 12.0. The minimum Gasteiger partial charge on any atom is -0.299 e. The van der Waals surface area contributed by atoms with Crippen molar-refractivity contribution in [3.63, 3.8) is 0 Å². The first-order valence-electron chi connectivity index (χ1n) is 7.53. The van der Waals surface area contributed by atoms with Gasteiger partial charge in [0, 0.05) is 19.7 Å². The molecule has 0 radical (unpaired) electrons. The highest BCUT2D eigenvalue weighted by molar-refractivity contribution is 5.97. The molecule has 0 aromatic carbocycles. The van der Waals surface area contributed by atoms with Crippen molar-refractivity contribution in [2.45, 2.75) is 46.5 Å². The van der Waals surface area contributed by atoms with E-state index in [9.17, 15) is 4.79 Å². The van der Waals surface area contributed by atoms with E-state index >= 15 is 0 Å². The summed E-state index contributed by atoms with van der Waals surface area (Å²) in [5.74, 6) is -0.0861. The summed E-state index contributed by atoms with van der Waals surface area (Å²) in [5, 5.41) is 0. The lowest BCUT2D eigenvalue weighted by molar-refractivity contribution is -0.119. The maximum Gasteiger partial charge on any atom is 0.145 e. The first kappa shape index (κ1) is 19.2. The highest BCUT2D eigenvalue weighted by atomic mass is 16.1. The summed E-state index contributed by atoms with van der Waals surface area (Å²) in [6.07, 6.45) is 12.8. The van der Waals surface area contributed by atoms with Gasteiger partial charge in [-0.05, 0) is 24.8 Å². The van der Waals surface area contributed by atoms with Crippen molar-refractivity contribution in [1.82, 2.24) is 0 Å². The standard InChI is InChI=1S/C18H28N2O/c1-6-9-17(7-2)11-8-10-15(3)12-18(21)16(4)13-20-14-19-5/h8-10,13-14,16H,3,6-7,11-12H2,1-2,4-5H3/b10-8?,17-9-,19-14-,20-13-. The molecule has 0 aliphatic heterocycles. The van der Waals surface area contributed by atoms with Gasteiger partial charge in [0.2, 0.25) is 0 Å². The molecular formula is C18H28N2O. The zero-order valence-electron chi connectivity index (χ0n) is 13.8. The number of carbonyl (C=O) groups excluding carboxylic acids is 1. The highest BCUT2D eigenvalue weighted by Gasteiger charge is 2.10. The van der Waals surface area contributed by atoms with E-state index in [-0.39, 0.29) is 11.7 Å². The average molecular weight is 288 g/mol. The van der Waals surface area contributed by atoms with E-state index in [4.69, 9.17) is 0 Å². The molecule has 0 aromatic rings. The van der Waals surface area contributed by atoms with Gasteiger partial charge in [0.15, 0.2) is 0 Å². The van der Waals surface area contributed by atoms with Gasteiger partial charge in [-0.1, -0.05) is 51.2 Å². The Labute approximate surface area is 129 Å². The van der Waals surface area contributed by atoms with E-state index in [1.807, 2.05) is 13.0 Å². The third kappa shape index (κ3) is 9.72. The largest absolute Gasteiger partial charge is 0.299 e. The highest BCUT2D eigenvalue weighted by Crippen LogP contribution is 2.11. The lowest BCUT2D eigenvalue weighted by Crippen LogP contribution is -2.12. The Morgan fingerprint density at radius 3 is 2.62 bits per heavy atom. The van der Waals surface area contributed by atoms with E-state index in [0.717, 1.165) is 24.8 Å². The molecule has 0 rings (SSSR count). The zero-order chi connectivity index (χ0) is 16.1. The van der Waals surface area contributed by atoms with Crippen LogP contribution in [0.2, 0.25) is 0 Å². The van der Waals surface area contributed by atoms with Gasteiger partial charge in [0.1, 0.15) is 12.1 Å². The number of aliphatic imine (C=N–C) groups is 2.